The van der Waals surface area contributed by atoms with E-state index in [-0.39, 0.29) is 19.0 Å². The van der Waals surface area contributed by atoms with Crippen LogP contribution in [-0.4, -0.2) is 34.4 Å². The number of aromatic nitrogens is 2. The fraction of sp³-hybridized carbons (Fsp3) is 0.571. The summed E-state index contributed by atoms with van der Waals surface area (Å²) in [5, 5.41) is 10.2. The molecule has 14 heavy (non-hydrogen) atoms. The lowest BCUT2D eigenvalue weighted by Gasteiger charge is -2.05. The summed E-state index contributed by atoms with van der Waals surface area (Å²) in [7, 11) is 1.39. The van der Waals surface area contributed by atoms with Crippen molar-refractivity contribution in [1.82, 2.24) is 9.55 Å². The highest BCUT2D eigenvalue weighted by molar-refractivity contribution is 5.12. The molecule has 0 bridgehead atoms. The highest BCUT2D eigenvalue weighted by atomic mass is 19.1. The van der Waals surface area contributed by atoms with Gasteiger partial charge in [0.1, 0.15) is 12.4 Å². The fourth-order valence-corrected chi connectivity index (χ4v) is 1.00. The van der Waals surface area contributed by atoms with Crippen LogP contribution in [0, 0.1) is 10.1 Å². The van der Waals surface area contributed by atoms with Gasteiger partial charge in [-0.05, 0) is 9.91 Å². The highest BCUT2D eigenvalue weighted by Gasteiger charge is 2.13. The van der Waals surface area contributed by atoms with Crippen LogP contribution in [-0.2, 0) is 11.3 Å². The summed E-state index contributed by atoms with van der Waals surface area (Å²) in [6.07, 6.45) is 1.22. The zero-order valence-corrected chi connectivity index (χ0v) is 7.59. The number of halogens is 1. The van der Waals surface area contributed by atoms with Gasteiger partial charge in [0.05, 0.1) is 13.2 Å². The molecular formula is C7H10FN3O3. The van der Waals surface area contributed by atoms with Crippen molar-refractivity contribution in [1.29, 1.82) is 0 Å². The number of nitrogens with zero attached hydrogens (tertiary/aromatic N) is 3. The zero-order valence-electron chi connectivity index (χ0n) is 7.59. The summed E-state index contributed by atoms with van der Waals surface area (Å²) < 4.78 is 18.9. The second-order valence-corrected chi connectivity index (χ2v) is 2.74. The number of methoxy groups -OCH3 is 1. The minimum Gasteiger partial charge on any atom is -0.382 e. The topological polar surface area (TPSA) is 70.2 Å². The molecule has 0 spiro atoms. The predicted octanol–water partition coefficient (Wildman–Crippen LogP) is 0.776. The minimum atomic E-state index is -1.19. The van der Waals surface area contributed by atoms with Gasteiger partial charge in [-0.15, -0.1) is 0 Å². The van der Waals surface area contributed by atoms with Crippen molar-refractivity contribution in [3.63, 3.8) is 0 Å². The molecule has 78 valence electrons. The smallest absolute Gasteiger partial charge is 0.381 e. The molecule has 1 heterocycles. The van der Waals surface area contributed by atoms with E-state index in [0.29, 0.717) is 0 Å². The second kappa shape index (κ2) is 4.66. The van der Waals surface area contributed by atoms with E-state index >= 15 is 0 Å². The van der Waals surface area contributed by atoms with Gasteiger partial charge < -0.3 is 19.4 Å². The summed E-state index contributed by atoms with van der Waals surface area (Å²) >= 11 is 0. The lowest BCUT2D eigenvalue weighted by Crippen LogP contribution is -2.15. The molecule has 6 nitrogen and oxygen atoms in total. The molecule has 0 aromatic carbocycles. The molecule has 0 aliphatic heterocycles. The fourth-order valence-electron chi connectivity index (χ4n) is 1.00. The summed E-state index contributed by atoms with van der Waals surface area (Å²) in [4.78, 5) is 13.1. The van der Waals surface area contributed by atoms with Crippen molar-refractivity contribution in [2.24, 2.45) is 0 Å². The average Bonchev–Trinajstić information content (AvgIpc) is 2.53. The lowest BCUT2D eigenvalue weighted by atomic mass is 10.4. The molecule has 1 aromatic rings. The number of alkyl halides is 1. The van der Waals surface area contributed by atoms with E-state index in [1.165, 1.54) is 24.2 Å². The van der Waals surface area contributed by atoms with Gasteiger partial charge in [-0.2, -0.15) is 0 Å². The standard InChI is InChI=1S/C7H10FN3O3/c1-14-4-6(8)2-10-3-7(9-5-10)11(12)13/h3,5-6H,2,4H2,1H3. The third-order valence-electron chi connectivity index (χ3n) is 1.56. The second-order valence-electron chi connectivity index (χ2n) is 2.74. The monoisotopic (exact) mass is 203 g/mol. The molecule has 1 unspecified atom stereocenters. The zero-order chi connectivity index (χ0) is 10.6. The van der Waals surface area contributed by atoms with Gasteiger partial charge in [0.2, 0.25) is 6.33 Å². The van der Waals surface area contributed by atoms with Crippen molar-refractivity contribution in [2.45, 2.75) is 12.7 Å². The maximum absolute atomic E-state index is 13.0. The maximum Gasteiger partial charge on any atom is 0.381 e. The Morgan fingerprint density at radius 1 is 1.86 bits per heavy atom. The van der Waals surface area contributed by atoms with Crippen LogP contribution >= 0.6 is 0 Å². The molecule has 0 radical (unpaired) electrons. The van der Waals surface area contributed by atoms with Gasteiger partial charge in [0.25, 0.3) is 0 Å². The summed E-state index contributed by atoms with van der Waals surface area (Å²) in [5.41, 5.74) is 0. The van der Waals surface area contributed by atoms with E-state index in [0.717, 1.165) is 0 Å². The molecule has 1 aromatic heterocycles. The van der Waals surface area contributed by atoms with Gasteiger partial charge in [0.15, 0.2) is 0 Å². The first-order valence-electron chi connectivity index (χ1n) is 3.92. The number of nitro groups is 1. The van der Waals surface area contributed by atoms with E-state index in [2.05, 4.69) is 9.72 Å². The number of hydrogen-bond donors (Lipinski definition) is 0. The number of hydrogen-bond acceptors (Lipinski definition) is 4. The number of imidazole rings is 1. The van der Waals surface area contributed by atoms with Crippen LogP contribution in [0.15, 0.2) is 12.5 Å². The Morgan fingerprint density at radius 2 is 2.57 bits per heavy atom. The molecule has 0 amide bonds. The van der Waals surface area contributed by atoms with Crippen LogP contribution in [0.3, 0.4) is 0 Å². The van der Waals surface area contributed by atoms with E-state index in [9.17, 15) is 14.5 Å². The Hall–Kier alpha value is -1.50. The highest BCUT2D eigenvalue weighted by Crippen LogP contribution is 2.07. The number of ether oxygens (including phenoxy) is 1. The average molecular weight is 203 g/mol. The minimum absolute atomic E-state index is 0.00861. The molecule has 7 heteroatoms. The Labute approximate surface area is 79.5 Å². The van der Waals surface area contributed by atoms with E-state index in [1.54, 1.807) is 0 Å². The van der Waals surface area contributed by atoms with Crippen LogP contribution in [0.4, 0.5) is 10.2 Å². The SMILES string of the molecule is COCC(F)Cn1cnc([N+](=O)[O-])c1. The molecule has 0 aliphatic carbocycles. The molecule has 0 aliphatic rings. The first-order chi connectivity index (χ1) is 6.63. The Morgan fingerprint density at radius 3 is 3.07 bits per heavy atom. The molecule has 1 atom stereocenters. The summed E-state index contributed by atoms with van der Waals surface area (Å²) in [6, 6.07) is 0. The van der Waals surface area contributed by atoms with Crippen molar-refractivity contribution >= 4 is 5.82 Å². The molecule has 1 rings (SSSR count). The summed E-state index contributed by atoms with van der Waals surface area (Å²) in [5.74, 6) is -0.283. The van der Waals surface area contributed by atoms with Gasteiger partial charge in [0, 0.05) is 7.11 Å². The number of rotatable bonds is 5. The van der Waals surface area contributed by atoms with Gasteiger partial charge >= 0.3 is 5.82 Å². The Balaban J connectivity index is 2.55. The first kappa shape index (κ1) is 10.6. The predicted molar refractivity (Wildman–Crippen MR) is 45.7 cm³/mol. The van der Waals surface area contributed by atoms with Crippen LogP contribution in [0.5, 0.6) is 0 Å². The largest absolute Gasteiger partial charge is 0.382 e. The van der Waals surface area contributed by atoms with E-state index in [1.807, 2.05) is 0 Å². The Bertz CT molecular complexity index is 315. The van der Waals surface area contributed by atoms with Crippen molar-refractivity contribution in [3.05, 3.63) is 22.6 Å². The maximum atomic E-state index is 13.0. The van der Waals surface area contributed by atoms with E-state index < -0.39 is 11.1 Å². The Kier molecular flexibility index (Phi) is 3.52. The summed E-state index contributed by atoms with van der Waals surface area (Å²) in [6.45, 7) is -0.0271. The van der Waals surface area contributed by atoms with Crippen molar-refractivity contribution < 1.29 is 14.1 Å². The third kappa shape index (κ3) is 2.77. The van der Waals surface area contributed by atoms with Crippen molar-refractivity contribution in [2.75, 3.05) is 13.7 Å². The van der Waals surface area contributed by atoms with Crippen LogP contribution in [0.2, 0.25) is 0 Å². The van der Waals surface area contributed by atoms with Gasteiger partial charge in [-0.25, -0.2) is 4.39 Å². The molecule has 0 N–H and O–H groups in total. The van der Waals surface area contributed by atoms with Crippen LogP contribution < -0.4 is 0 Å². The third-order valence-corrected chi connectivity index (χ3v) is 1.56. The molecule has 0 saturated carbocycles. The normalized spacial score (nSPS) is 12.7. The van der Waals surface area contributed by atoms with Gasteiger partial charge in [-0.3, -0.25) is 0 Å². The van der Waals surface area contributed by atoms with E-state index in [4.69, 9.17) is 0 Å². The quantitative estimate of drug-likeness (QED) is 0.523. The molecular weight excluding hydrogens is 193 g/mol. The lowest BCUT2D eigenvalue weighted by molar-refractivity contribution is -0.389. The van der Waals surface area contributed by atoms with Crippen LogP contribution in [0.1, 0.15) is 0 Å². The van der Waals surface area contributed by atoms with Gasteiger partial charge in [-0.1, -0.05) is 0 Å². The first-order valence-corrected chi connectivity index (χ1v) is 3.92. The van der Waals surface area contributed by atoms with Crippen LogP contribution in [0.25, 0.3) is 0 Å². The van der Waals surface area contributed by atoms with Crippen molar-refractivity contribution in [3.8, 4) is 0 Å². The molecule has 0 saturated heterocycles. The molecule has 0 fully saturated rings.